The molecule has 2 aromatic heterocycles. The summed E-state index contributed by atoms with van der Waals surface area (Å²) in [7, 11) is 0. The summed E-state index contributed by atoms with van der Waals surface area (Å²) in [6, 6.07) is 3.80. The summed E-state index contributed by atoms with van der Waals surface area (Å²) >= 11 is 0. The van der Waals surface area contributed by atoms with Crippen LogP contribution in [0.25, 0.3) is 0 Å². The van der Waals surface area contributed by atoms with Gasteiger partial charge < -0.3 is 5.32 Å². The molecule has 0 saturated carbocycles. The summed E-state index contributed by atoms with van der Waals surface area (Å²) in [5.74, 6) is 0.500. The molecule has 0 aliphatic rings. The van der Waals surface area contributed by atoms with Gasteiger partial charge in [0.25, 0.3) is 0 Å². The molecule has 1 N–H and O–H groups in total. The zero-order valence-corrected chi connectivity index (χ0v) is 10.4. The van der Waals surface area contributed by atoms with Crippen LogP contribution in [-0.2, 0) is 6.42 Å². The lowest BCUT2D eigenvalue weighted by Gasteiger charge is -2.08. The second kappa shape index (κ2) is 5.53. The lowest BCUT2D eigenvalue weighted by atomic mass is 10.2. The standard InChI is InChI=1S/C13H15FN4/c1-3-16-13-12(14)9(2)17-11(18-13)8-10-4-6-15-7-5-10/h4-7H,3,8H2,1-2H3,(H,16,17,18). The molecule has 0 aliphatic heterocycles. The highest BCUT2D eigenvalue weighted by atomic mass is 19.1. The third kappa shape index (κ3) is 2.80. The predicted molar refractivity (Wildman–Crippen MR) is 67.9 cm³/mol. The van der Waals surface area contributed by atoms with Gasteiger partial charge in [0.2, 0.25) is 0 Å². The molecule has 0 atom stereocenters. The highest BCUT2D eigenvalue weighted by molar-refractivity contribution is 5.38. The summed E-state index contributed by atoms with van der Waals surface area (Å²) < 4.78 is 13.7. The molecule has 0 saturated heterocycles. The van der Waals surface area contributed by atoms with Gasteiger partial charge in [-0.05, 0) is 31.5 Å². The Morgan fingerprint density at radius 1 is 1.22 bits per heavy atom. The zero-order valence-electron chi connectivity index (χ0n) is 10.4. The van der Waals surface area contributed by atoms with E-state index in [-0.39, 0.29) is 11.6 Å². The third-order valence-corrected chi connectivity index (χ3v) is 2.52. The Morgan fingerprint density at radius 2 is 1.94 bits per heavy atom. The van der Waals surface area contributed by atoms with Crippen LogP contribution in [0.4, 0.5) is 10.2 Å². The predicted octanol–water partition coefficient (Wildman–Crippen LogP) is 2.34. The Kier molecular flexibility index (Phi) is 3.82. The normalized spacial score (nSPS) is 10.4. The van der Waals surface area contributed by atoms with E-state index in [1.165, 1.54) is 0 Å². The first kappa shape index (κ1) is 12.4. The number of nitrogens with zero attached hydrogens (tertiary/aromatic N) is 3. The molecule has 0 radical (unpaired) electrons. The van der Waals surface area contributed by atoms with Crippen molar-refractivity contribution in [3.63, 3.8) is 0 Å². The van der Waals surface area contributed by atoms with Crippen molar-refractivity contribution >= 4 is 5.82 Å². The lowest BCUT2D eigenvalue weighted by molar-refractivity contribution is 0.601. The Labute approximate surface area is 105 Å². The highest BCUT2D eigenvalue weighted by Gasteiger charge is 2.10. The van der Waals surface area contributed by atoms with Gasteiger partial charge in [0.1, 0.15) is 5.82 Å². The van der Waals surface area contributed by atoms with E-state index in [0.717, 1.165) is 5.56 Å². The number of aromatic nitrogens is 3. The quantitative estimate of drug-likeness (QED) is 0.899. The topological polar surface area (TPSA) is 50.7 Å². The first-order valence-corrected chi connectivity index (χ1v) is 5.86. The number of aryl methyl sites for hydroxylation is 1. The number of hydrogen-bond acceptors (Lipinski definition) is 4. The van der Waals surface area contributed by atoms with Gasteiger partial charge in [-0.1, -0.05) is 0 Å². The van der Waals surface area contributed by atoms with Crippen molar-refractivity contribution < 1.29 is 4.39 Å². The number of pyridine rings is 1. The summed E-state index contributed by atoms with van der Waals surface area (Å²) in [4.78, 5) is 12.3. The molecule has 2 rings (SSSR count). The molecule has 2 heterocycles. The molecular formula is C13H15FN4. The number of nitrogens with one attached hydrogen (secondary N) is 1. The lowest BCUT2D eigenvalue weighted by Crippen LogP contribution is -2.09. The number of anilines is 1. The van der Waals surface area contributed by atoms with Crippen molar-refractivity contribution in [3.05, 3.63) is 47.4 Å². The smallest absolute Gasteiger partial charge is 0.186 e. The van der Waals surface area contributed by atoms with Crippen molar-refractivity contribution in [1.29, 1.82) is 0 Å². The molecular weight excluding hydrogens is 231 g/mol. The van der Waals surface area contributed by atoms with Crippen molar-refractivity contribution in [2.24, 2.45) is 0 Å². The largest absolute Gasteiger partial charge is 0.368 e. The van der Waals surface area contributed by atoms with Crippen LogP contribution in [0.2, 0.25) is 0 Å². The molecule has 0 amide bonds. The zero-order chi connectivity index (χ0) is 13.0. The van der Waals surface area contributed by atoms with Crippen LogP contribution in [-0.4, -0.2) is 21.5 Å². The Hall–Kier alpha value is -2.04. The molecule has 94 valence electrons. The van der Waals surface area contributed by atoms with E-state index in [0.29, 0.717) is 24.5 Å². The van der Waals surface area contributed by atoms with Gasteiger partial charge >= 0.3 is 0 Å². The van der Waals surface area contributed by atoms with Crippen LogP contribution >= 0.6 is 0 Å². The Bertz CT molecular complexity index is 528. The summed E-state index contributed by atoms with van der Waals surface area (Å²) in [6.45, 7) is 4.18. The fourth-order valence-electron chi connectivity index (χ4n) is 1.66. The van der Waals surface area contributed by atoms with E-state index in [1.807, 2.05) is 19.1 Å². The molecule has 18 heavy (non-hydrogen) atoms. The van der Waals surface area contributed by atoms with E-state index in [9.17, 15) is 4.39 Å². The van der Waals surface area contributed by atoms with Crippen LogP contribution < -0.4 is 5.32 Å². The molecule has 0 fully saturated rings. The van der Waals surface area contributed by atoms with Crippen LogP contribution in [0.15, 0.2) is 24.5 Å². The van der Waals surface area contributed by atoms with E-state index in [1.54, 1.807) is 19.3 Å². The van der Waals surface area contributed by atoms with Gasteiger partial charge in [0.15, 0.2) is 11.6 Å². The Morgan fingerprint density at radius 3 is 2.61 bits per heavy atom. The maximum atomic E-state index is 13.7. The van der Waals surface area contributed by atoms with Gasteiger partial charge in [-0.25, -0.2) is 14.4 Å². The van der Waals surface area contributed by atoms with Crippen molar-refractivity contribution in [1.82, 2.24) is 15.0 Å². The average molecular weight is 246 g/mol. The monoisotopic (exact) mass is 246 g/mol. The Balaban J connectivity index is 2.28. The summed E-state index contributed by atoms with van der Waals surface area (Å²) in [6.07, 6.45) is 4.01. The van der Waals surface area contributed by atoms with Gasteiger partial charge in [-0.15, -0.1) is 0 Å². The van der Waals surface area contributed by atoms with Crippen LogP contribution in [0.1, 0.15) is 24.0 Å². The van der Waals surface area contributed by atoms with Gasteiger partial charge in [0, 0.05) is 25.4 Å². The third-order valence-electron chi connectivity index (χ3n) is 2.52. The molecule has 0 aromatic carbocycles. The molecule has 2 aromatic rings. The SMILES string of the molecule is CCNc1nc(Cc2ccncc2)nc(C)c1F. The van der Waals surface area contributed by atoms with Gasteiger partial charge in [-0.2, -0.15) is 0 Å². The summed E-state index contributed by atoms with van der Waals surface area (Å²) in [5, 5.41) is 2.90. The molecule has 4 nitrogen and oxygen atoms in total. The molecule has 0 spiro atoms. The summed E-state index contributed by atoms with van der Waals surface area (Å²) in [5.41, 5.74) is 1.42. The fraction of sp³-hybridized carbons (Fsp3) is 0.308. The van der Waals surface area contributed by atoms with Crippen molar-refractivity contribution in [2.75, 3.05) is 11.9 Å². The molecule has 0 bridgehead atoms. The second-order valence-electron chi connectivity index (χ2n) is 3.95. The molecule has 0 aliphatic carbocycles. The first-order chi connectivity index (χ1) is 8.70. The minimum absolute atomic E-state index is 0.272. The van der Waals surface area contributed by atoms with E-state index in [4.69, 9.17) is 0 Å². The average Bonchev–Trinajstić information content (AvgIpc) is 2.37. The van der Waals surface area contributed by atoms with Gasteiger partial charge in [-0.3, -0.25) is 4.98 Å². The van der Waals surface area contributed by atoms with Crippen molar-refractivity contribution in [3.8, 4) is 0 Å². The van der Waals surface area contributed by atoms with E-state index in [2.05, 4.69) is 20.3 Å². The van der Waals surface area contributed by atoms with Crippen LogP contribution in [0, 0.1) is 12.7 Å². The number of halogens is 1. The minimum atomic E-state index is -0.379. The number of hydrogen-bond donors (Lipinski definition) is 1. The number of rotatable bonds is 4. The van der Waals surface area contributed by atoms with Crippen LogP contribution in [0.3, 0.4) is 0 Å². The maximum absolute atomic E-state index is 13.7. The molecule has 5 heteroatoms. The maximum Gasteiger partial charge on any atom is 0.186 e. The molecule has 0 unspecified atom stereocenters. The van der Waals surface area contributed by atoms with E-state index < -0.39 is 0 Å². The van der Waals surface area contributed by atoms with Gasteiger partial charge in [0.05, 0.1) is 5.69 Å². The van der Waals surface area contributed by atoms with Crippen LogP contribution in [0.5, 0.6) is 0 Å². The van der Waals surface area contributed by atoms with Crippen molar-refractivity contribution in [2.45, 2.75) is 20.3 Å². The fourth-order valence-corrected chi connectivity index (χ4v) is 1.66. The second-order valence-corrected chi connectivity index (χ2v) is 3.95. The first-order valence-electron chi connectivity index (χ1n) is 5.86. The van der Waals surface area contributed by atoms with E-state index >= 15 is 0 Å². The highest BCUT2D eigenvalue weighted by Crippen LogP contribution is 2.15. The minimum Gasteiger partial charge on any atom is -0.368 e.